The summed E-state index contributed by atoms with van der Waals surface area (Å²) in [6.45, 7) is 4.66. The Labute approximate surface area is 147 Å². The molecule has 0 unspecified atom stereocenters. The van der Waals surface area contributed by atoms with E-state index in [1.54, 1.807) is 49.1 Å². The van der Waals surface area contributed by atoms with Crippen LogP contribution >= 0.6 is 0 Å². The Bertz CT molecular complexity index is 989. The number of anilines is 1. The molecule has 3 rings (SSSR count). The normalized spacial score (nSPS) is 13.7. The number of amides is 1. The van der Waals surface area contributed by atoms with Crippen molar-refractivity contribution in [3.8, 4) is 6.07 Å². The first kappa shape index (κ1) is 17.4. The zero-order valence-electron chi connectivity index (χ0n) is 14.2. The van der Waals surface area contributed by atoms with E-state index in [9.17, 15) is 13.2 Å². The predicted molar refractivity (Wildman–Crippen MR) is 96.0 cm³/mol. The second kappa shape index (κ2) is 6.47. The van der Waals surface area contributed by atoms with E-state index in [1.165, 1.54) is 4.31 Å². The molecule has 25 heavy (non-hydrogen) atoms. The molecule has 2 aromatic rings. The highest BCUT2D eigenvalue weighted by Gasteiger charge is 2.33. The van der Waals surface area contributed by atoms with Gasteiger partial charge in [0.15, 0.2) is 0 Å². The summed E-state index contributed by atoms with van der Waals surface area (Å²) in [4.78, 5) is 14.4. The van der Waals surface area contributed by atoms with Crippen LogP contribution in [0.25, 0.3) is 10.8 Å². The maximum atomic E-state index is 13.0. The first-order chi connectivity index (χ1) is 12.0. The summed E-state index contributed by atoms with van der Waals surface area (Å²) >= 11 is 0. The van der Waals surface area contributed by atoms with Gasteiger partial charge >= 0.3 is 0 Å². The van der Waals surface area contributed by atoms with E-state index in [-0.39, 0.29) is 17.2 Å². The van der Waals surface area contributed by atoms with Gasteiger partial charge in [0.1, 0.15) is 0 Å². The average molecular weight is 357 g/mol. The van der Waals surface area contributed by atoms with E-state index in [0.29, 0.717) is 41.7 Å². The summed E-state index contributed by atoms with van der Waals surface area (Å²) in [5.74, 6) is -0.187. The minimum absolute atomic E-state index is 0.187. The summed E-state index contributed by atoms with van der Waals surface area (Å²) in [6.07, 6.45) is 0.223. The van der Waals surface area contributed by atoms with Crippen LogP contribution in [0.3, 0.4) is 0 Å². The summed E-state index contributed by atoms with van der Waals surface area (Å²) in [5, 5.41) is 10.0. The van der Waals surface area contributed by atoms with Crippen molar-refractivity contribution in [2.75, 3.05) is 24.5 Å². The van der Waals surface area contributed by atoms with E-state index in [1.807, 2.05) is 6.07 Å². The van der Waals surface area contributed by atoms with Crippen LogP contribution < -0.4 is 4.90 Å². The number of hydrogen-bond donors (Lipinski definition) is 0. The van der Waals surface area contributed by atoms with Crippen LogP contribution in [0.2, 0.25) is 0 Å². The van der Waals surface area contributed by atoms with Crippen molar-refractivity contribution < 1.29 is 13.2 Å². The van der Waals surface area contributed by atoms with Crippen molar-refractivity contribution in [1.82, 2.24) is 4.31 Å². The SMILES string of the molecule is CCN(CC)S(=O)(=O)c1ccc2c3c(cccc13)C(=O)N2CCC#N. The zero-order valence-corrected chi connectivity index (χ0v) is 15.0. The van der Waals surface area contributed by atoms with Gasteiger partial charge in [-0.2, -0.15) is 9.57 Å². The standard InChI is InChI=1S/C18H19N3O3S/c1-3-20(4-2)25(23,24)16-10-9-15-17-13(16)7-5-8-14(17)18(22)21(15)12-6-11-19/h5,7-10H,3-4,6,12H2,1-2H3. The molecule has 0 aromatic heterocycles. The van der Waals surface area contributed by atoms with E-state index >= 15 is 0 Å². The van der Waals surface area contributed by atoms with Gasteiger partial charge in [-0.25, -0.2) is 8.42 Å². The molecule has 1 aliphatic heterocycles. The van der Waals surface area contributed by atoms with Gasteiger partial charge in [-0.3, -0.25) is 4.79 Å². The quantitative estimate of drug-likeness (QED) is 0.796. The van der Waals surface area contributed by atoms with E-state index in [4.69, 9.17) is 5.26 Å². The highest BCUT2D eigenvalue weighted by Crippen LogP contribution is 2.40. The molecule has 0 bridgehead atoms. The van der Waals surface area contributed by atoms with Crippen molar-refractivity contribution in [1.29, 1.82) is 5.26 Å². The van der Waals surface area contributed by atoms with Gasteiger partial charge in [0.25, 0.3) is 5.91 Å². The first-order valence-corrected chi connectivity index (χ1v) is 9.66. The van der Waals surface area contributed by atoms with Crippen LogP contribution in [0.4, 0.5) is 5.69 Å². The number of carbonyl (C=O) groups is 1. The second-order valence-corrected chi connectivity index (χ2v) is 7.67. The largest absolute Gasteiger partial charge is 0.307 e. The maximum absolute atomic E-state index is 13.0. The van der Waals surface area contributed by atoms with E-state index in [2.05, 4.69) is 0 Å². The molecule has 0 spiro atoms. The van der Waals surface area contributed by atoms with Crippen molar-refractivity contribution in [3.05, 3.63) is 35.9 Å². The minimum atomic E-state index is -3.63. The molecule has 0 radical (unpaired) electrons. The van der Waals surface area contributed by atoms with Gasteiger partial charge in [-0.15, -0.1) is 0 Å². The Morgan fingerprint density at radius 3 is 2.52 bits per heavy atom. The molecule has 130 valence electrons. The van der Waals surface area contributed by atoms with Crippen molar-refractivity contribution >= 4 is 32.4 Å². The van der Waals surface area contributed by atoms with E-state index in [0.717, 1.165) is 0 Å². The molecule has 2 aromatic carbocycles. The molecule has 0 fully saturated rings. The molecular weight excluding hydrogens is 338 g/mol. The Morgan fingerprint density at radius 2 is 1.88 bits per heavy atom. The van der Waals surface area contributed by atoms with Crippen molar-refractivity contribution in [2.45, 2.75) is 25.2 Å². The minimum Gasteiger partial charge on any atom is -0.307 e. The maximum Gasteiger partial charge on any atom is 0.259 e. The molecule has 6 nitrogen and oxygen atoms in total. The molecule has 0 aliphatic carbocycles. The van der Waals surface area contributed by atoms with Crippen LogP contribution in [0.15, 0.2) is 35.2 Å². The number of hydrogen-bond acceptors (Lipinski definition) is 4. The molecule has 0 saturated carbocycles. The lowest BCUT2D eigenvalue weighted by atomic mass is 10.1. The topological polar surface area (TPSA) is 81.5 Å². The highest BCUT2D eigenvalue weighted by molar-refractivity contribution is 7.89. The fourth-order valence-corrected chi connectivity index (χ4v) is 4.98. The van der Waals surface area contributed by atoms with Gasteiger partial charge in [0, 0.05) is 36.0 Å². The smallest absolute Gasteiger partial charge is 0.259 e. The van der Waals surface area contributed by atoms with Crippen molar-refractivity contribution in [3.63, 3.8) is 0 Å². The third-order valence-corrected chi connectivity index (χ3v) is 6.62. The van der Waals surface area contributed by atoms with Gasteiger partial charge in [0.05, 0.1) is 23.1 Å². The van der Waals surface area contributed by atoms with Crippen LogP contribution in [0.1, 0.15) is 30.6 Å². The van der Waals surface area contributed by atoms with Crippen molar-refractivity contribution in [2.24, 2.45) is 0 Å². The van der Waals surface area contributed by atoms with Gasteiger partial charge in [-0.05, 0) is 18.2 Å². The monoisotopic (exact) mass is 357 g/mol. The molecule has 0 atom stereocenters. The number of rotatable bonds is 6. The average Bonchev–Trinajstić information content (AvgIpc) is 2.88. The Morgan fingerprint density at radius 1 is 1.16 bits per heavy atom. The fourth-order valence-electron chi connectivity index (χ4n) is 3.33. The summed E-state index contributed by atoms with van der Waals surface area (Å²) in [5.41, 5.74) is 1.16. The molecule has 0 N–H and O–H groups in total. The fraction of sp³-hybridized carbons (Fsp3) is 0.333. The molecule has 1 amide bonds. The number of benzene rings is 2. The molecule has 0 saturated heterocycles. The molecule has 7 heteroatoms. The van der Waals surface area contributed by atoms with E-state index < -0.39 is 10.0 Å². The Balaban J connectivity index is 2.24. The zero-order chi connectivity index (χ0) is 18.2. The van der Waals surface area contributed by atoms with Gasteiger partial charge in [0.2, 0.25) is 10.0 Å². The number of sulfonamides is 1. The number of carbonyl (C=O) groups excluding carboxylic acids is 1. The third-order valence-electron chi connectivity index (χ3n) is 4.52. The van der Waals surface area contributed by atoms with Gasteiger partial charge in [-0.1, -0.05) is 26.0 Å². The number of nitriles is 1. The second-order valence-electron chi connectivity index (χ2n) is 5.77. The summed E-state index contributed by atoms with van der Waals surface area (Å²) < 4.78 is 27.3. The predicted octanol–water partition coefficient (Wildman–Crippen LogP) is 2.74. The van der Waals surface area contributed by atoms with Crippen LogP contribution in [0.5, 0.6) is 0 Å². The van der Waals surface area contributed by atoms with Gasteiger partial charge < -0.3 is 4.90 Å². The summed E-state index contributed by atoms with van der Waals surface area (Å²) in [7, 11) is -3.63. The first-order valence-electron chi connectivity index (χ1n) is 8.22. The lowest BCUT2D eigenvalue weighted by Gasteiger charge is -2.20. The third kappa shape index (κ3) is 2.58. The molecule has 1 heterocycles. The highest BCUT2D eigenvalue weighted by atomic mass is 32.2. The van der Waals surface area contributed by atoms with Crippen LogP contribution in [0, 0.1) is 11.3 Å². The summed E-state index contributed by atoms with van der Waals surface area (Å²) in [6, 6.07) is 10.4. The van der Waals surface area contributed by atoms with Crippen LogP contribution in [-0.2, 0) is 10.0 Å². The Kier molecular flexibility index (Phi) is 4.50. The Hall–Kier alpha value is -2.43. The van der Waals surface area contributed by atoms with Crippen LogP contribution in [-0.4, -0.2) is 38.3 Å². The lowest BCUT2D eigenvalue weighted by Crippen LogP contribution is -2.30. The number of nitrogens with zero attached hydrogens (tertiary/aromatic N) is 3. The molecule has 1 aliphatic rings. The lowest BCUT2D eigenvalue weighted by molar-refractivity contribution is 0.0993. The molecular formula is C18H19N3O3S.